The highest BCUT2D eigenvalue weighted by molar-refractivity contribution is 5.95. The van der Waals surface area contributed by atoms with E-state index in [1.807, 2.05) is 43.0 Å². The molecule has 0 aliphatic carbocycles. The van der Waals surface area contributed by atoms with Gasteiger partial charge in [0.2, 0.25) is 5.91 Å². The fourth-order valence-electron chi connectivity index (χ4n) is 2.70. The molecule has 1 unspecified atom stereocenters. The summed E-state index contributed by atoms with van der Waals surface area (Å²) >= 11 is 0. The van der Waals surface area contributed by atoms with Crippen molar-refractivity contribution >= 4 is 11.6 Å². The lowest BCUT2D eigenvalue weighted by molar-refractivity contribution is -0.118. The summed E-state index contributed by atoms with van der Waals surface area (Å²) in [5, 5.41) is 6.74. The van der Waals surface area contributed by atoms with Crippen molar-refractivity contribution in [2.45, 2.75) is 32.7 Å². The Morgan fingerprint density at radius 3 is 2.80 bits per heavy atom. The highest BCUT2D eigenvalue weighted by Crippen LogP contribution is 2.19. The summed E-state index contributed by atoms with van der Waals surface area (Å²) in [7, 11) is 0. The number of hydrogen-bond acceptors (Lipinski definition) is 3. The van der Waals surface area contributed by atoms with E-state index < -0.39 is 0 Å². The number of aryl methyl sites for hydroxylation is 1. The van der Waals surface area contributed by atoms with Gasteiger partial charge in [-0.15, -0.1) is 0 Å². The Balaban J connectivity index is 2.01. The van der Waals surface area contributed by atoms with Crippen LogP contribution in [0.5, 0.6) is 0 Å². The van der Waals surface area contributed by atoms with E-state index in [9.17, 15) is 4.79 Å². The van der Waals surface area contributed by atoms with Gasteiger partial charge in [-0.3, -0.25) is 4.79 Å². The molecule has 2 N–H and O–H groups in total. The summed E-state index contributed by atoms with van der Waals surface area (Å²) in [4.78, 5) is 14.3. The van der Waals surface area contributed by atoms with Crippen LogP contribution in [0.15, 0.2) is 24.3 Å². The van der Waals surface area contributed by atoms with Gasteiger partial charge in [-0.05, 0) is 45.4 Å². The molecule has 1 aliphatic heterocycles. The van der Waals surface area contributed by atoms with E-state index in [-0.39, 0.29) is 11.4 Å². The van der Waals surface area contributed by atoms with Crippen molar-refractivity contribution in [1.29, 1.82) is 0 Å². The number of rotatable bonds is 5. The molecular formula is C16H25N3O. The molecule has 110 valence electrons. The average Bonchev–Trinajstić information content (AvgIpc) is 2.87. The van der Waals surface area contributed by atoms with Crippen LogP contribution in [-0.2, 0) is 4.79 Å². The first kappa shape index (κ1) is 15.0. The van der Waals surface area contributed by atoms with Gasteiger partial charge in [0.1, 0.15) is 0 Å². The van der Waals surface area contributed by atoms with Crippen molar-refractivity contribution in [3.05, 3.63) is 29.8 Å². The third-order valence-electron chi connectivity index (χ3n) is 4.06. The minimum absolute atomic E-state index is 0.0425. The number of hydrogen-bond donors (Lipinski definition) is 2. The van der Waals surface area contributed by atoms with Crippen LogP contribution in [0.4, 0.5) is 5.69 Å². The van der Waals surface area contributed by atoms with Crippen molar-refractivity contribution < 1.29 is 4.79 Å². The Hall–Kier alpha value is -1.39. The normalized spacial score (nSPS) is 21.9. The Labute approximate surface area is 121 Å². The van der Waals surface area contributed by atoms with Crippen LogP contribution in [0.25, 0.3) is 0 Å². The molecule has 1 amide bonds. The van der Waals surface area contributed by atoms with Crippen LogP contribution in [0.1, 0.15) is 25.8 Å². The number of nitrogens with zero attached hydrogens (tertiary/aromatic N) is 1. The molecule has 0 aromatic heterocycles. The number of likely N-dealkylation sites (N-methyl/N-ethyl adjacent to an activating group) is 1. The SMILES string of the molecule is CCN(C(=O)CNC1(C)CCNC1)c1ccccc1C. The molecule has 0 radical (unpaired) electrons. The van der Waals surface area contributed by atoms with Crippen LogP contribution in [0.2, 0.25) is 0 Å². The molecule has 2 rings (SSSR count). The van der Waals surface area contributed by atoms with Gasteiger partial charge < -0.3 is 15.5 Å². The minimum atomic E-state index is 0.0425. The summed E-state index contributed by atoms with van der Waals surface area (Å²) in [5.41, 5.74) is 2.19. The van der Waals surface area contributed by atoms with Gasteiger partial charge in [-0.25, -0.2) is 0 Å². The monoisotopic (exact) mass is 275 g/mol. The Morgan fingerprint density at radius 1 is 1.45 bits per heavy atom. The van der Waals surface area contributed by atoms with E-state index in [1.165, 1.54) is 0 Å². The zero-order chi connectivity index (χ0) is 14.6. The second-order valence-corrected chi connectivity index (χ2v) is 5.77. The Morgan fingerprint density at radius 2 is 2.20 bits per heavy atom. The van der Waals surface area contributed by atoms with Crippen LogP contribution in [0.3, 0.4) is 0 Å². The van der Waals surface area contributed by atoms with Crippen LogP contribution < -0.4 is 15.5 Å². The van der Waals surface area contributed by atoms with E-state index >= 15 is 0 Å². The molecule has 4 heteroatoms. The van der Waals surface area contributed by atoms with Crippen LogP contribution >= 0.6 is 0 Å². The molecule has 1 aromatic rings. The lowest BCUT2D eigenvalue weighted by Crippen LogP contribution is -2.49. The van der Waals surface area contributed by atoms with Crippen molar-refractivity contribution in [2.24, 2.45) is 0 Å². The summed E-state index contributed by atoms with van der Waals surface area (Å²) < 4.78 is 0. The topological polar surface area (TPSA) is 44.4 Å². The third kappa shape index (κ3) is 3.38. The summed E-state index contributed by atoms with van der Waals surface area (Å²) in [6, 6.07) is 8.03. The fraction of sp³-hybridized carbons (Fsp3) is 0.562. The number of amides is 1. The second kappa shape index (κ2) is 6.37. The van der Waals surface area contributed by atoms with Gasteiger partial charge in [0.15, 0.2) is 0 Å². The van der Waals surface area contributed by atoms with E-state index in [2.05, 4.69) is 17.6 Å². The van der Waals surface area contributed by atoms with Gasteiger partial charge in [0, 0.05) is 24.3 Å². The lowest BCUT2D eigenvalue weighted by Gasteiger charge is -2.28. The standard InChI is InChI=1S/C16H25N3O/c1-4-19(14-8-6-5-7-13(14)2)15(20)11-18-16(3)9-10-17-12-16/h5-8,17-18H,4,9-12H2,1-3H3. The lowest BCUT2D eigenvalue weighted by atomic mass is 10.0. The second-order valence-electron chi connectivity index (χ2n) is 5.77. The molecule has 4 nitrogen and oxygen atoms in total. The fourth-order valence-corrected chi connectivity index (χ4v) is 2.70. The Bertz CT molecular complexity index is 467. The molecular weight excluding hydrogens is 250 g/mol. The molecule has 1 fully saturated rings. The summed E-state index contributed by atoms with van der Waals surface area (Å²) in [6.07, 6.45) is 1.07. The molecule has 20 heavy (non-hydrogen) atoms. The largest absolute Gasteiger partial charge is 0.315 e. The molecule has 1 aliphatic rings. The number of benzene rings is 1. The van der Waals surface area contributed by atoms with Crippen molar-refractivity contribution in [2.75, 3.05) is 31.1 Å². The van der Waals surface area contributed by atoms with Gasteiger partial charge in [0.05, 0.1) is 6.54 Å². The molecule has 1 aromatic carbocycles. The van der Waals surface area contributed by atoms with Crippen LogP contribution in [0, 0.1) is 6.92 Å². The average molecular weight is 275 g/mol. The number of para-hydroxylation sites is 1. The number of nitrogens with one attached hydrogen (secondary N) is 2. The first-order valence-electron chi connectivity index (χ1n) is 7.37. The van der Waals surface area contributed by atoms with Gasteiger partial charge in [0.25, 0.3) is 0 Å². The summed E-state index contributed by atoms with van der Waals surface area (Å²) in [5.74, 6) is 0.134. The number of carbonyl (C=O) groups is 1. The van der Waals surface area contributed by atoms with E-state index in [1.54, 1.807) is 0 Å². The van der Waals surface area contributed by atoms with Crippen LogP contribution in [-0.4, -0.2) is 37.6 Å². The van der Waals surface area contributed by atoms with Gasteiger partial charge in [-0.1, -0.05) is 18.2 Å². The maximum absolute atomic E-state index is 12.5. The molecule has 0 saturated carbocycles. The first-order valence-corrected chi connectivity index (χ1v) is 7.37. The van der Waals surface area contributed by atoms with E-state index in [4.69, 9.17) is 0 Å². The predicted octanol–water partition coefficient (Wildman–Crippen LogP) is 1.69. The Kier molecular flexibility index (Phi) is 4.78. The van der Waals surface area contributed by atoms with Gasteiger partial charge in [-0.2, -0.15) is 0 Å². The van der Waals surface area contributed by atoms with Gasteiger partial charge >= 0.3 is 0 Å². The van der Waals surface area contributed by atoms with Crippen molar-refractivity contribution in [1.82, 2.24) is 10.6 Å². The molecule has 1 heterocycles. The highest BCUT2D eigenvalue weighted by atomic mass is 16.2. The third-order valence-corrected chi connectivity index (χ3v) is 4.06. The molecule has 1 saturated heterocycles. The number of carbonyl (C=O) groups excluding carboxylic acids is 1. The molecule has 0 bridgehead atoms. The van der Waals surface area contributed by atoms with E-state index in [0.717, 1.165) is 30.8 Å². The van der Waals surface area contributed by atoms with Crippen molar-refractivity contribution in [3.63, 3.8) is 0 Å². The molecule has 1 atom stereocenters. The zero-order valence-corrected chi connectivity index (χ0v) is 12.7. The maximum atomic E-state index is 12.5. The zero-order valence-electron chi connectivity index (χ0n) is 12.7. The predicted molar refractivity (Wildman–Crippen MR) is 83.1 cm³/mol. The van der Waals surface area contributed by atoms with Crippen molar-refractivity contribution in [3.8, 4) is 0 Å². The minimum Gasteiger partial charge on any atom is -0.315 e. The quantitative estimate of drug-likeness (QED) is 0.859. The summed E-state index contributed by atoms with van der Waals surface area (Å²) in [6.45, 7) is 9.26. The van der Waals surface area contributed by atoms with E-state index in [0.29, 0.717) is 13.1 Å². The first-order chi connectivity index (χ1) is 9.56. The molecule has 0 spiro atoms. The highest BCUT2D eigenvalue weighted by Gasteiger charge is 2.29. The maximum Gasteiger partial charge on any atom is 0.240 e. The number of anilines is 1. The smallest absolute Gasteiger partial charge is 0.240 e.